The van der Waals surface area contributed by atoms with Gasteiger partial charge in [0.15, 0.2) is 0 Å². The summed E-state index contributed by atoms with van der Waals surface area (Å²) in [5, 5.41) is 1.77. The van der Waals surface area contributed by atoms with Gasteiger partial charge in [-0.15, -0.1) is 11.3 Å². The smallest absolute Gasteiger partial charge is 0.241 e. The van der Waals surface area contributed by atoms with Crippen molar-refractivity contribution in [1.29, 1.82) is 0 Å². The number of imidazole rings is 1. The number of aromatic nitrogens is 4. The fourth-order valence-corrected chi connectivity index (χ4v) is 6.25. The number of amides is 1. The standard InChI is InChI=1S/C22H25N7OS2/c1-2-27-8-4-9-28(12-11-27)19(20(23)30)21-26-16-6-5-15(13-17(16)32-21)31-18-14-25-22-24-7-3-10-29(18)22/h3,5-7,10,13-14,19H,2,4,8-9,11-12H2,1H3,(H2,23,30). The minimum absolute atomic E-state index is 0.332. The molecule has 8 nitrogen and oxygen atoms in total. The third-order valence-corrected chi connectivity index (χ3v) is 7.86. The molecule has 4 heterocycles. The summed E-state index contributed by atoms with van der Waals surface area (Å²) in [5.74, 6) is 0.348. The zero-order valence-corrected chi connectivity index (χ0v) is 19.5. The Kier molecular flexibility index (Phi) is 6.09. The highest BCUT2D eigenvalue weighted by Gasteiger charge is 2.30. The van der Waals surface area contributed by atoms with Gasteiger partial charge >= 0.3 is 0 Å². The minimum Gasteiger partial charge on any atom is -0.368 e. The van der Waals surface area contributed by atoms with Crippen molar-refractivity contribution >= 4 is 45.0 Å². The Hall–Kier alpha value is -2.53. The number of fused-ring (bicyclic) bond motifs is 2. The maximum atomic E-state index is 12.5. The first-order valence-electron chi connectivity index (χ1n) is 10.7. The molecule has 0 saturated carbocycles. The van der Waals surface area contributed by atoms with Crippen molar-refractivity contribution in [3.05, 3.63) is 47.9 Å². The van der Waals surface area contributed by atoms with Crippen molar-refractivity contribution in [2.45, 2.75) is 29.3 Å². The monoisotopic (exact) mass is 467 g/mol. The number of nitrogens with two attached hydrogens (primary N) is 1. The van der Waals surface area contributed by atoms with Gasteiger partial charge in [-0.2, -0.15) is 0 Å². The number of primary amides is 1. The molecule has 1 aliphatic heterocycles. The summed E-state index contributed by atoms with van der Waals surface area (Å²) < 4.78 is 3.02. The lowest BCUT2D eigenvalue weighted by Gasteiger charge is -2.26. The molecule has 0 aliphatic carbocycles. The van der Waals surface area contributed by atoms with Gasteiger partial charge in [-0.25, -0.2) is 15.0 Å². The van der Waals surface area contributed by atoms with Crippen LogP contribution in [0.2, 0.25) is 0 Å². The molecule has 3 aromatic heterocycles. The number of hydrogen-bond donors (Lipinski definition) is 1. The molecular formula is C22H25N7OS2. The van der Waals surface area contributed by atoms with E-state index in [-0.39, 0.29) is 5.91 Å². The Morgan fingerprint density at radius 3 is 3.00 bits per heavy atom. The van der Waals surface area contributed by atoms with Crippen LogP contribution in [-0.4, -0.2) is 67.8 Å². The van der Waals surface area contributed by atoms with Crippen LogP contribution in [-0.2, 0) is 4.79 Å². The predicted molar refractivity (Wildman–Crippen MR) is 127 cm³/mol. The van der Waals surface area contributed by atoms with Crippen LogP contribution < -0.4 is 5.73 Å². The van der Waals surface area contributed by atoms with Crippen LogP contribution in [0.3, 0.4) is 0 Å². The van der Waals surface area contributed by atoms with Crippen LogP contribution in [0.25, 0.3) is 16.0 Å². The molecule has 1 saturated heterocycles. The number of carbonyl (C=O) groups is 1. The summed E-state index contributed by atoms with van der Waals surface area (Å²) in [6, 6.07) is 7.60. The average molecular weight is 468 g/mol. The van der Waals surface area contributed by atoms with Crippen LogP contribution >= 0.6 is 23.1 Å². The van der Waals surface area contributed by atoms with E-state index in [2.05, 4.69) is 38.8 Å². The average Bonchev–Trinajstić information content (AvgIpc) is 3.31. The van der Waals surface area contributed by atoms with Crippen LogP contribution in [0, 0.1) is 0 Å². The van der Waals surface area contributed by atoms with E-state index in [1.54, 1.807) is 29.3 Å². The first-order chi connectivity index (χ1) is 15.6. The van der Waals surface area contributed by atoms with E-state index in [9.17, 15) is 4.79 Å². The van der Waals surface area contributed by atoms with Crippen molar-refractivity contribution in [1.82, 2.24) is 29.2 Å². The maximum Gasteiger partial charge on any atom is 0.241 e. The van der Waals surface area contributed by atoms with E-state index in [0.29, 0.717) is 5.78 Å². The van der Waals surface area contributed by atoms with E-state index in [1.165, 1.54) is 0 Å². The molecule has 1 amide bonds. The number of benzene rings is 1. The topological polar surface area (TPSA) is 92.6 Å². The van der Waals surface area contributed by atoms with Gasteiger partial charge in [0.05, 0.1) is 16.4 Å². The third-order valence-electron chi connectivity index (χ3n) is 5.79. The second-order valence-electron chi connectivity index (χ2n) is 7.80. The van der Waals surface area contributed by atoms with Crippen LogP contribution in [0.5, 0.6) is 0 Å². The van der Waals surface area contributed by atoms with Crippen molar-refractivity contribution in [3.8, 4) is 0 Å². The van der Waals surface area contributed by atoms with Gasteiger partial charge in [0.1, 0.15) is 16.1 Å². The number of carbonyl (C=O) groups excluding carboxylic acids is 1. The fraction of sp³-hybridized carbons (Fsp3) is 0.364. The molecule has 5 rings (SSSR count). The van der Waals surface area contributed by atoms with E-state index in [4.69, 9.17) is 10.7 Å². The molecule has 1 fully saturated rings. The number of thiazole rings is 1. The Bertz CT molecular complexity index is 1250. The van der Waals surface area contributed by atoms with Gasteiger partial charge in [0, 0.05) is 36.9 Å². The summed E-state index contributed by atoms with van der Waals surface area (Å²) in [7, 11) is 0. The lowest BCUT2D eigenvalue weighted by atomic mass is 10.2. The van der Waals surface area contributed by atoms with Gasteiger partial charge in [0.2, 0.25) is 11.7 Å². The second-order valence-corrected chi connectivity index (χ2v) is 9.95. The van der Waals surface area contributed by atoms with E-state index in [1.807, 2.05) is 28.9 Å². The zero-order valence-electron chi connectivity index (χ0n) is 17.8. The number of nitrogens with zero attached hydrogens (tertiary/aromatic N) is 6. The summed E-state index contributed by atoms with van der Waals surface area (Å²) >= 11 is 3.18. The number of rotatable bonds is 6. The highest BCUT2D eigenvalue weighted by Crippen LogP contribution is 2.35. The molecule has 10 heteroatoms. The minimum atomic E-state index is -0.481. The molecule has 1 unspecified atom stereocenters. The SMILES string of the molecule is CCN1CCCN(C(C(N)=O)c2nc3ccc(Sc4cnc5ncccn45)cc3s2)CC1. The van der Waals surface area contributed by atoms with Gasteiger partial charge < -0.3 is 10.6 Å². The largest absolute Gasteiger partial charge is 0.368 e. The van der Waals surface area contributed by atoms with Crippen molar-refractivity contribution in [3.63, 3.8) is 0 Å². The molecule has 1 atom stereocenters. The summed E-state index contributed by atoms with van der Waals surface area (Å²) in [5.41, 5.74) is 6.76. The normalized spacial score (nSPS) is 17.0. The fourth-order valence-electron chi connectivity index (χ4n) is 4.13. The van der Waals surface area contributed by atoms with Crippen LogP contribution in [0.15, 0.2) is 52.8 Å². The molecule has 166 valence electrons. The summed E-state index contributed by atoms with van der Waals surface area (Å²) in [4.78, 5) is 31.6. The van der Waals surface area contributed by atoms with Crippen molar-refractivity contribution < 1.29 is 4.79 Å². The lowest BCUT2D eigenvalue weighted by molar-refractivity contribution is -0.123. The molecular weight excluding hydrogens is 442 g/mol. The zero-order chi connectivity index (χ0) is 22.1. The van der Waals surface area contributed by atoms with E-state index < -0.39 is 6.04 Å². The van der Waals surface area contributed by atoms with E-state index in [0.717, 1.165) is 64.3 Å². The van der Waals surface area contributed by atoms with Crippen molar-refractivity contribution in [2.75, 3.05) is 32.7 Å². The quantitative estimate of drug-likeness (QED) is 0.466. The Balaban J connectivity index is 1.41. The number of hydrogen-bond acceptors (Lipinski definition) is 8. The molecule has 1 aliphatic rings. The molecule has 32 heavy (non-hydrogen) atoms. The molecule has 1 aromatic carbocycles. The predicted octanol–water partition coefficient (Wildman–Crippen LogP) is 3.04. The van der Waals surface area contributed by atoms with Gasteiger partial charge in [0.25, 0.3) is 0 Å². The second kappa shape index (κ2) is 9.14. The first kappa shape index (κ1) is 21.3. The number of likely N-dealkylation sites (N-methyl/N-ethyl adjacent to an activating group) is 1. The molecule has 2 N–H and O–H groups in total. The lowest BCUT2D eigenvalue weighted by Crippen LogP contribution is -2.40. The maximum absolute atomic E-state index is 12.5. The molecule has 0 bridgehead atoms. The highest BCUT2D eigenvalue weighted by molar-refractivity contribution is 7.99. The highest BCUT2D eigenvalue weighted by atomic mass is 32.2. The van der Waals surface area contributed by atoms with Gasteiger partial charge in [-0.05, 0) is 43.8 Å². The Labute approximate surface area is 194 Å². The summed E-state index contributed by atoms with van der Waals surface area (Å²) in [6.45, 7) is 6.87. The molecule has 0 radical (unpaired) electrons. The third kappa shape index (κ3) is 4.23. The van der Waals surface area contributed by atoms with E-state index >= 15 is 0 Å². The Morgan fingerprint density at radius 1 is 1.25 bits per heavy atom. The van der Waals surface area contributed by atoms with Crippen LogP contribution in [0.1, 0.15) is 24.4 Å². The molecule has 4 aromatic rings. The van der Waals surface area contributed by atoms with Crippen LogP contribution in [0.4, 0.5) is 0 Å². The first-order valence-corrected chi connectivity index (χ1v) is 12.4. The van der Waals surface area contributed by atoms with Gasteiger partial charge in [-0.1, -0.05) is 18.7 Å². The summed E-state index contributed by atoms with van der Waals surface area (Å²) in [6.07, 6.45) is 6.55. The molecule has 0 spiro atoms. The van der Waals surface area contributed by atoms with Crippen molar-refractivity contribution in [2.24, 2.45) is 5.73 Å². The van der Waals surface area contributed by atoms with Gasteiger partial charge in [-0.3, -0.25) is 14.1 Å². The Morgan fingerprint density at radius 2 is 2.16 bits per heavy atom.